The van der Waals surface area contributed by atoms with Crippen LogP contribution >= 0.6 is 0 Å². The highest BCUT2D eigenvalue weighted by atomic mass is 15.2. The van der Waals surface area contributed by atoms with E-state index in [9.17, 15) is 0 Å². The van der Waals surface area contributed by atoms with Crippen LogP contribution in [0.2, 0.25) is 0 Å². The summed E-state index contributed by atoms with van der Waals surface area (Å²) in [5, 5.41) is 15.9. The predicted molar refractivity (Wildman–Crippen MR) is 73.6 cm³/mol. The minimum atomic E-state index is 0.547. The molecule has 0 bridgehead atoms. The Morgan fingerprint density at radius 3 is 3.11 bits per heavy atom. The van der Waals surface area contributed by atoms with Crippen molar-refractivity contribution in [2.24, 2.45) is 0 Å². The van der Waals surface area contributed by atoms with Gasteiger partial charge in [0.25, 0.3) is 0 Å². The number of para-hydroxylation sites is 1. The third kappa shape index (κ3) is 3.46. The highest BCUT2D eigenvalue weighted by molar-refractivity contribution is 5.57. The van der Waals surface area contributed by atoms with Crippen LogP contribution in [0, 0.1) is 11.3 Å². The van der Waals surface area contributed by atoms with Gasteiger partial charge in [-0.2, -0.15) is 5.26 Å². The molecule has 96 valence electrons. The molecule has 1 aliphatic heterocycles. The lowest BCUT2D eigenvalue weighted by Gasteiger charge is -2.31. The number of anilines is 1. The highest BCUT2D eigenvalue weighted by Crippen LogP contribution is 2.13. The Morgan fingerprint density at radius 1 is 1.50 bits per heavy atom. The van der Waals surface area contributed by atoms with E-state index in [2.05, 4.69) is 28.7 Å². The molecule has 4 heteroatoms. The van der Waals surface area contributed by atoms with Crippen molar-refractivity contribution in [1.82, 2.24) is 10.2 Å². The molecular weight excluding hydrogens is 224 g/mol. The fraction of sp³-hybridized carbons (Fsp3) is 0.500. The van der Waals surface area contributed by atoms with Crippen LogP contribution in [0.4, 0.5) is 5.69 Å². The quantitative estimate of drug-likeness (QED) is 0.837. The molecule has 2 rings (SSSR count). The van der Waals surface area contributed by atoms with E-state index in [4.69, 9.17) is 5.26 Å². The number of hydrogen-bond acceptors (Lipinski definition) is 4. The lowest BCUT2D eigenvalue weighted by molar-refractivity contribution is 0.234. The molecule has 0 radical (unpaired) electrons. The van der Waals surface area contributed by atoms with E-state index in [1.165, 1.54) is 0 Å². The Balaban J connectivity index is 1.80. The standard InChI is InChI=1S/C14H20N4/c1-18-9-8-16-13(11-18)6-7-17-14-5-3-2-4-12(14)10-15/h2-5,13,16-17H,6-9,11H2,1H3. The molecule has 1 atom stereocenters. The minimum Gasteiger partial charge on any atom is -0.384 e. The summed E-state index contributed by atoms with van der Waals surface area (Å²) < 4.78 is 0. The third-order valence-electron chi connectivity index (χ3n) is 3.31. The van der Waals surface area contributed by atoms with E-state index >= 15 is 0 Å². The van der Waals surface area contributed by atoms with E-state index in [1.54, 1.807) is 0 Å². The van der Waals surface area contributed by atoms with Crippen molar-refractivity contribution in [2.45, 2.75) is 12.5 Å². The molecule has 0 aromatic heterocycles. The molecule has 1 saturated heterocycles. The van der Waals surface area contributed by atoms with Crippen molar-refractivity contribution in [2.75, 3.05) is 38.5 Å². The van der Waals surface area contributed by atoms with Crippen LogP contribution in [0.5, 0.6) is 0 Å². The van der Waals surface area contributed by atoms with Crippen LogP contribution in [0.3, 0.4) is 0 Å². The molecule has 1 fully saturated rings. The number of nitrogens with zero attached hydrogens (tertiary/aromatic N) is 2. The molecule has 4 nitrogen and oxygen atoms in total. The second kappa shape index (κ2) is 6.39. The number of likely N-dealkylation sites (N-methyl/N-ethyl adjacent to an activating group) is 1. The number of piperazine rings is 1. The van der Waals surface area contributed by atoms with Crippen molar-refractivity contribution in [3.8, 4) is 6.07 Å². The van der Waals surface area contributed by atoms with E-state index in [0.717, 1.165) is 38.3 Å². The fourth-order valence-corrected chi connectivity index (χ4v) is 2.30. The third-order valence-corrected chi connectivity index (χ3v) is 3.31. The van der Waals surface area contributed by atoms with Crippen molar-refractivity contribution in [3.05, 3.63) is 29.8 Å². The zero-order chi connectivity index (χ0) is 12.8. The maximum absolute atomic E-state index is 8.99. The van der Waals surface area contributed by atoms with Crippen LogP contribution in [-0.2, 0) is 0 Å². The second-order valence-corrected chi connectivity index (χ2v) is 4.79. The van der Waals surface area contributed by atoms with Gasteiger partial charge in [-0.05, 0) is 25.6 Å². The van der Waals surface area contributed by atoms with Crippen molar-refractivity contribution >= 4 is 5.69 Å². The van der Waals surface area contributed by atoms with Gasteiger partial charge in [0.15, 0.2) is 0 Å². The summed E-state index contributed by atoms with van der Waals surface area (Å²) in [5.41, 5.74) is 1.65. The van der Waals surface area contributed by atoms with E-state index in [-0.39, 0.29) is 0 Å². The number of nitrogens with one attached hydrogen (secondary N) is 2. The largest absolute Gasteiger partial charge is 0.384 e. The topological polar surface area (TPSA) is 51.1 Å². The molecule has 1 aromatic rings. The number of nitriles is 1. The van der Waals surface area contributed by atoms with Crippen LogP contribution in [0.15, 0.2) is 24.3 Å². The number of benzene rings is 1. The SMILES string of the molecule is CN1CCNC(CCNc2ccccc2C#N)C1. The maximum atomic E-state index is 8.99. The van der Waals surface area contributed by atoms with Crippen LogP contribution in [0.1, 0.15) is 12.0 Å². The first-order chi connectivity index (χ1) is 8.79. The Bertz CT molecular complexity index is 424. The van der Waals surface area contributed by atoms with Gasteiger partial charge in [0.05, 0.1) is 11.3 Å². The van der Waals surface area contributed by atoms with Crippen molar-refractivity contribution < 1.29 is 0 Å². The zero-order valence-corrected chi connectivity index (χ0v) is 10.8. The van der Waals surface area contributed by atoms with Crippen LogP contribution in [-0.4, -0.2) is 44.2 Å². The van der Waals surface area contributed by atoms with Gasteiger partial charge in [-0.15, -0.1) is 0 Å². The first kappa shape index (κ1) is 12.9. The van der Waals surface area contributed by atoms with Gasteiger partial charge < -0.3 is 15.5 Å². The Labute approximate surface area is 109 Å². The maximum Gasteiger partial charge on any atom is 0.101 e. The van der Waals surface area contributed by atoms with E-state index in [1.807, 2.05) is 24.3 Å². The van der Waals surface area contributed by atoms with Gasteiger partial charge in [-0.1, -0.05) is 12.1 Å². The average molecular weight is 244 g/mol. The number of hydrogen-bond donors (Lipinski definition) is 2. The molecule has 1 heterocycles. The van der Waals surface area contributed by atoms with Crippen molar-refractivity contribution in [1.29, 1.82) is 5.26 Å². The first-order valence-corrected chi connectivity index (χ1v) is 6.44. The lowest BCUT2D eigenvalue weighted by atomic mass is 10.1. The number of rotatable bonds is 4. The van der Waals surface area contributed by atoms with Crippen molar-refractivity contribution in [3.63, 3.8) is 0 Å². The Kier molecular flexibility index (Phi) is 4.57. The molecule has 18 heavy (non-hydrogen) atoms. The summed E-state index contributed by atoms with van der Waals surface area (Å²) in [6.07, 6.45) is 1.07. The molecule has 0 spiro atoms. The molecule has 1 unspecified atom stereocenters. The summed E-state index contributed by atoms with van der Waals surface area (Å²) in [5.74, 6) is 0. The second-order valence-electron chi connectivity index (χ2n) is 4.79. The summed E-state index contributed by atoms with van der Waals surface area (Å²) in [6, 6.07) is 10.4. The molecule has 2 N–H and O–H groups in total. The normalized spacial score (nSPS) is 20.3. The zero-order valence-electron chi connectivity index (χ0n) is 10.8. The summed E-state index contributed by atoms with van der Waals surface area (Å²) in [4.78, 5) is 2.35. The molecule has 0 saturated carbocycles. The lowest BCUT2D eigenvalue weighted by Crippen LogP contribution is -2.49. The molecule has 0 aliphatic carbocycles. The monoisotopic (exact) mass is 244 g/mol. The highest BCUT2D eigenvalue weighted by Gasteiger charge is 2.15. The summed E-state index contributed by atoms with van der Waals surface area (Å²) >= 11 is 0. The molecule has 0 amide bonds. The molecule has 1 aliphatic rings. The van der Waals surface area contributed by atoms with Gasteiger partial charge in [0, 0.05) is 32.2 Å². The minimum absolute atomic E-state index is 0.547. The van der Waals surface area contributed by atoms with Crippen LogP contribution in [0.25, 0.3) is 0 Å². The Morgan fingerprint density at radius 2 is 2.33 bits per heavy atom. The first-order valence-electron chi connectivity index (χ1n) is 6.44. The summed E-state index contributed by atoms with van der Waals surface area (Å²) in [7, 11) is 2.16. The fourth-order valence-electron chi connectivity index (χ4n) is 2.30. The summed E-state index contributed by atoms with van der Waals surface area (Å²) in [6.45, 7) is 4.18. The smallest absolute Gasteiger partial charge is 0.101 e. The van der Waals surface area contributed by atoms with Crippen LogP contribution < -0.4 is 10.6 Å². The van der Waals surface area contributed by atoms with Gasteiger partial charge in [-0.3, -0.25) is 0 Å². The van der Waals surface area contributed by atoms with Gasteiger partial charge in [0.1, 0.15) is 6.07 Å². The van der Waals surface area contributed by atoms with E-state index in [0.29, 0.717) is 11.6 Å². The predicted octanol–water partition coefficient (Wildman–Crippen LogP) is 1.26. The average Bonchev–Trinajstić information content (AvgIpc) is 2.39. The van der Waals surface area contributed by atoms with E-state index < -0.39 is 0 Å². The molecule has 1 aromatic carbocycles. The van der Waals surface area contributed by atoms with Gasteiger partial charge >= 0.3 is 0 Å². The Hall–Kier alpha value is -1.57. The van der Waals surface area contributed by atoms with Gasteiger partial charge in [-0.25, -0.2) is 0 Å². The molecular formula is C14H20N4. The van der Waals surface area contributed by atoms with Gasteiger partial charge in [0.2, 0.25) is 0 Å².